The summed E-state index contributed by atoms with van der Waals surface area (Å²) < 4.78 is 3.78. The fourth-order valence-electron chi connectivity index (χ4n) is 3.06. The van der Waals surface area contributed by atoms with Crippen LogP contribution in [-0.4, -0.2) is 29.5 Å². The van der Waals surface area contributed by atoms with E-state index in [9.17, 15) is 5.26 Å². The number of nitrogens with zero attached hydrogens (tertiary/aromatic N) is 7. The van der Waals surface area contributed by atoms with Crippen molar-refractivity contribution in [3.8, 4) is 11.8 Å². The van der Waals surface area contributed by atoms with Crippen LogP contribution in [0, 0.1) is 11.3 Å². The molecule has 1 aliphatic heterocycles. The van der Waals surface area contributed by atoms with E-state index < -0.39 is 0 Å². The molecule has 0 fully saturated rings. The maximum absolute atomic E-state index is 9.61. The molecule has 0 N–H and O–H groups in total. The molecule has 0 saturated carbocycles. The van der Waals surface area contributed by atoms with E-state index in [-0.39, 0.29) is 0 Å². The predicted molar refractivity (Wildman–Crippen MR) is 92.4 cm³/mol. The van der Waals surface area contributed by atoms with Gasteiger partial charge >= 0.3 is 0 Å². The average Bonchev–Trinajstić information content (AvgIpc) is 3.26. The minimum atomic E-state index is 0.536. The Morgan fingerprint density at radius 2 is 2.00 bits per heavy atom. The molecule has 0 bridgehead atoms. The van der Waals surface area contributed by atoms with Gasteiger partial charge < -0.3 is 4.57 Å². The summed E-state index contributed by atoms with van der Waals surface area (Å²) >= 11 is 0. The molecule has 3 aromatic rings. The van der Waals surface area contributed by atoms with Gasteiger partial charge in [-0.3, -0.25) is 0 Å². The van der Waals surface area contributed by atoms with Gasteiger partial charge in [0.15, 0.2) is 5.82 Å². The van der Waals surface area contributed by atoms with Crippen molar-refractivity contribution < 1.29 is 0 Å². The second-order valence-electron chi connectivity index (χ2n) is 6.00. The second kappa shape index (κ2) is 6.69. The largest absolute Gasteiger partial charge is 0.310 e. The lowest BCUT2D eigenvalue weighted by Gasteiger charge is -2.06. The molecule has 7 nitrogen and oxygen atoms in total. The molecule has 124 valence electrons. The van der Waals surface area contributed by atoms with E-state index in [1.165, 1.54) is 12.7 Å². The first-order valence-electron chi connectivity index (χ1n) is 8.34. The van der Waals surface area contributed by atoms with Gasteiger partial charge in [0.1, 0.15) is 24.5 Å². The van der Waals surface area contributed by atoms with E-state index in [0.717, 1.165) is 42.9 Å². The number of nitriles is 1. The van der Waals surface area contributed by atoms with Gasteiger partial charge in [0, 0.05) is 13.0 Å². The Hall–Kier alpha value is -3.27. The molecule has 0 radical (unpaired) electrons. The summed E-state index contributed by atoms with van der Waals surface area (Å²) in [5.74, 6) is 1.65. The molecule has 7 heteroatoms. The van der Waals surface area contributed by atoms with Crippen LogP contribution < -0.4 is 0 Å². The molecule has 2 aromatic heterocycles. The van der Waals surface area contributed by atoms with Crippen molar-refractivity contribution in [3.63, 3.8) is 0 Å². The minimum Gasteiger partial charge on any atom is -0.310 e. The van der Waals surface area contributed by atoms with E-state index in [1.54, 1.807) is 11.0 Å². The third kappa shape index (κ3) is 3.06. The molecule has 0 saturated heterocycles. The molecule has 0 amide bonds. The SMILES string of the molecule is N#CC(=Cc1ccc(-n2cncn2)cc1)c1nnc2n1CCCCC2. The van der Waals surface area contributed by atoms with Gasteiger partial charge in [0.25, 0.3) is 0 Å². The van der Waals surface area contributed by atoms with Crippen molar-refractivity contribution in [1.29, 1.82) is 5.26 Å². The van der Waals surface area contributed by atoms with Crippen LogP contribution in [0.1, 0.15) is 36.5 Å². The van der Waals surface area contributed by atoms with E-state index in [4.69, 9.17) is 0 Å². The van der Waals surface area contributed by atoms with Crippen LogP contribution in [0.25, 0.3) is 17.3 Å². The predicted octanol–water partition coefficient (Wildman–Crippen LogP) is 2.65. The summed E-state index contributed by atoms with van der Waals surface area (Å²) in [6.45, 7) is 0.877. The molecule has 4 rings (SSSR count). The highest BCUT2D eigenvalue weighted by atomic mass is 15.3. The van der Waals surface area contributed by atoms with E-state index in [0.29, 0.717) is 11.4 Å². The van der Waals surface area contributed by atoms with Crippen LogP contribution >= 0.6 is 0 Å². The van der Waals surface area contributed by atoms with Crippen molar-refractivity contribution >= 4 is 11.6 Å². The minimum absolute atomic E-state index is 0.536. The van der Waals surface area contributed by atoms with E-state index >= 15 is 0 Å². The molecular weight excluding hydrogens is 314 g/mol. The Bertz CT molecular complexity index is 927. The molecule has 25 heavy (non-hydrogen) atoms. The lowest BCUT2D eigenvalue weighted by Crippen LogP contribution is -2.05. The fourth-order valence-corrected chi connectivity index (χ4v) is 3.06. The average molecular weight is 331 g/mol. The molecular formula is C18H17N7. The summed E-state index contributed by atoms with van der Waals surface area (Å²) in [5.41, 5.74) is 2.39. The summed E-state index contributed by atoms with van der Waals surface area (Å²) in [6, 6.07) is 10.1. The van der Waals surface area contributed by atoms with Crippen LogP contribution in [-0.2, 0) is 13.0 Å². The number of hydrogen-bond acceptors (Lipinski definition) is 5. The van der Waals surface area contributed by atoms with Crippen molar-refractivity contribution in [2.24, 2.45) is 0 Å². The number of aromatic nitrogens is 6. The van der Waals surface area contributed by atoms with Gasteiger partial charge in [-0.25, -0.2) is 9.67 Å². The third-order valence-electron chi connectivity index (χ3n) is 4.36. The third-order valence-corrected chi connectivity index (χ3v) is 4.36. The summed E-state index contributed by atoms with van der Waals surface area (Å²) in [6.07, 6.45) is 9.36. The molecule has 3 heterocycles. The number of fused-ring (bicyclic) bond motifs is 1. The van der Waals surface area contributed by atoms with Crippen LogP contribution in [0.2, 0.25) is 0 Å². The number of aryl methyl sites for hydroxylation is 1. The zero-order valence-corrected chi connectivity index (χ0v) is 13.7. The van der Waals surface area contributed by atoms with Crippen LogP contribution in [0.3, 0.4) is 0 Å². The van der Waals surface area contributed by atoms with Gasteiger partial charge in [0.05, 0.1) is 11.3 Å². The van der Waals surface area contributed by atoms with E-state index in [2.05, 4.69) is 30.9 Å². The van der Waals surface area contributed by atoms with E-state index in [1.807, 2.05) is 30.3 Å². The van der Waals surface area contributed by atoms with Gasteiger partial charge in [-0.15, -0.1) is 10.2 Å². The molecule has 0 unspecified atom stereocenters. The molecule has 0 spiro atoms. The first-order chi connectivity index (χ1) is 12.3. The molecule has 1 aromatic carbocycles. The monoisotopic (exact) mass is 331 g/mol. The first kappa shape index (κ1) is 15.3. The van der Waals surface area contributed by atoms with Gasteiger partial charge in [-0.1, -0.05) is 18.6 Å². The van der Waals surface area contributed by atoms with Crippen molar-refractivity contribution in [2.75, 3.05) is 0 Å². The summed E-state index contributed by atoms with van der Waals surface area (Å²) in [7, 11) is 0. The number of allylic oxidation sites excluding steroid dienone is 1. The normalized spacial score (nSPS) is 14.6. The van der Waals surface area contributed by atoms with Crippen LogP contribution in [0.15, 0.2) is 36.9 Å². The van der Waals surface area contributed by atoms with Gasteiger partial charge in [-0.2, -0.15) is 10.4 Å². The van der Waals surface area contributed by atoms with Crippen molar-refractivity contribution in [2.45, 2.75) is 32.2 Å². The van der Waals surface area contributed by atoms with Crippen LogP contribution in [0.5, 0.6) is 0 Å². The molecule has 0 atom stereocenters. The Labute approximate surface area is 145 Å². The second-order valence-corrected chi connectivity index (χ2v) is 6.00. The fraction of sp³-hybridized carbons (Fsp3) is 0.278. The maximum atomic E-state index is 9.61. The number of rotatable bonds is 3. The topological polar surface area (TPSA) is 85.2 Å². The highest BCUT2D eigenvalue weighted by Crippen LogP contribution is 2.21. The summed E-state index contributed by atoms with van der Waals surface area (Å²) in [5, 5.41) is 22.3. The van der Waals surface area contributed by atoms with Gasteiger partial charge in [0.2, 0.25) is 0 Å². The maximum Gasteiger partial charge on any atom is 0.174 e. The van der Waals surface area contributed by atoms with Crippen LogP contribution in [0.4, 0.5) is 0 Å². The Kier molecular flexibility index (Phi) is 4.09. The summed E-state index contributed by atoms with van der Waals surface area (Å²) in [4.78, 5) is 3.94. The van der Waals surface area contributed by atoms with Crippen molar-refractivity contribution in [3.05, 3.63) is 54.1 Å². The van der Waals surface area contributed by atoms with Crippen molar-refractivity contribution in [1.82, 2.24) is 29.5 Å². The molecule has 1 aliphatic rings. The number of benzene rings is 1. The Balaban J connectivity index is 1.65. The molecule has 0 aliphatic carbocycles. The lowest BCUT2D eigenvalue weighted by atomic mass is 10.1. The smallest absolute Gasteiger partial charge is 0.174 e. The quantitative estimate of drug-likeness (QED) is 0.689. The Morgan fingerprint density at radius 3 is 2.76 bits per heavy atom. The highest BCUT2D eigenvalue weighted by Gasteiger charge is 2.17. The highest BCUT2D eigenvalue weighted by molar-refractivity contribution is 5.87. The van der Waals surface area contributed by atoms with Gasteiger partial charge in [-0.05, 0) is 36.6 Å². The standard InChI is InChI=1S/C18H17N7/c19-11-15(18-23-22-17-4-2-1-3-9-24(17)18)10-14-5-7-16(8-6-14)25-13-20-12-21-25/h5-8,10,12-13H,1-4,9H2. The number of hydrogen-bond donors (Lipinski definition) is 0. The zero-order chi connectivity index (χ0) is 17.1. The first-order valence-corrected chi connectivity index (χ1v) is 8.34. The lowest BCUT2D eigenvalue weighted by molar-refractivity contribution is 0.627. The zero-order valence-electron chi connectivity index (χ0n) is 13.7. The Morgan fingerprint density at radius 1 is 1.12 bits per heavy atom.